The average Bonchev–Trinajstić information content (AvgIpc) is 2.95. The van der Waals surface area contributed by atoms with E-state index in [0.717, 1.165) is 11.1 Å². The Morgan fingerprint density at radius 1 is 0.833 bits per heavy atom. The van der Waals surface area contributed by atoms with Gasteiger partial charge in [0, 0.05) is 5.92 Å². The minimum absolute atomic E-state index is 0.122. The van der Waals surface area contributed by atoms with Crippen molar-refractivity contribution in [2.24, 2.45) is 0 Å². The molecule has 0 radical (unpaired) electrons. The van der Waals surface area contributed by atoms with Crippen LogP contribution in [0.25, 0.3) is 11.1 Å². The smallest absolute Gasteiger partial charge is 0.156 e. The van der Waals surface area contributed by atoms with Gasteiger partial charge in [-0.25, -0.2) is 8.42 Å². The summed E-state index contributed by atoms with van der Waals surface area (Å²) >= 11 is 0. The predicted molar refractivity (Wildman–Crippen MR) is 93.6 cm³/mol. The molecule has 3 aliphatic rings. The summed E-state index contributed by atoms with van der Waals surface area (Å²) < 4.78 is 24.9. The van der Waals surface area contributed by atoms with Gasteiger partial charge in [0.2, 0.25) is 0 Å². The van der Waals surface area contributed by atoms with Crippen LogP contribution in [0.15, 0.2) is 48.5 Å². The molecule has 1 aliphatic carbocycles. The number of hydrogen-bond donors (Lipinski definition) is 1. The maximum Gasteiger partial charge on any atom is 0.156 e. The molecule has 2 saturated heterocycles. The number of rotatable bonds is 1. The van der Waals surface area contributed by atoms with Crippen LogP contribution in [-0.2, 0) is 9.84 Å². The second-order valence-electron chi connectivity index (χ2n) is 7.53. The Morgan fingerprint density at radius 2 is 1.29 bits per heavy atom. The summed E-state index contributed by atoms with van der Waals surface area (Å²) in [6, 6.07) is 16.4. The Hall–Kier alpha value is -1.65. The van der Waals surface area contributed by atoms with Gasteiger partial charge < -0.3 is 5.11 Å². The molecule has 2 unspecified atom stereocenters. The highest BCUT2D eigenvalue weighted by molar-refractivity contribution is 7.93. The van der Waals surface area contributed by atoms with Gasteiger partial charge in [-0.2, -0.15) is 0 Å². The predicted octanol–water partition coefficient (Wildman–Crippen LogP) is 3.27. The van der Waals surface area contributed by atoms with Crippen molar-refractivity contribution in [3.05, 3.63) is 59.7 Å². The molecule has 2 aromatic carbocycles. The third-order valence-electron chi connectivity index (χ3n) is 6.27. The second-order valence-corrected chi connectivity index (χ2v) is 10.0. The zero-order valence-corrected chi connectivity index (χ0v) is 14.2. The zero-order valence-electron chi connectivity index (χ0n) is 13.4. The molecule has 2 bridgehead atoms. The third-order valence-corrected chi connectivity index (χ3v) is 8.94. The van der Waals surface area contributed by atoms with Crippen LogP contribution in [0.5, 0.6) is 0 Å². The van der Waals surface area contributed by atoms with Crippen LogP contribution in [0.3, 0.4) is 0 Å². The summed E-state index contributed by atoms with van der Waals surface area (Å²) in [4.78, 5) is 0. The van der Waals surface area contributed by atoms with Gasteiger partial charge in [0.25, 0.3) is 0 Å². The standard InChI is InChI=1S/C20H20O3S/c21-20(11-13-9-10-14(12-20)24(13,22)23)19-17-7-3-1-5-15(17)16-6-2-4-8-18(16)19/h1-8,13-14,19,21H,9-12H2. The molecule has 24 heavy (non-hydrogen) atoms. The first-order chi connectivity index (χ1) is 11.5. The first-order valence-corrected chi connectivity index (χ1v) is 10.2. The topological polar surface area (TPSA) is 54.4 Å². The van der Waals surface area contributed by atoms with E-state index in [2.05, 4.69) is 24.3 Å². The van der Waals surface area contributed by atoms with Gasteiger partial charge in [-0.1, -0.05) is 48.5 Å². The van der Waals surface area contributed by atoms with Crippen LogP contribution in [0.2, 0.25) is 0 Å². The van der Waals surface area contributed by atoms with Crippen molar-refractivity contribution in [1.82, 2.24) is 0 Å². The molecular weight excluding hydrogens is 320 g/mol. The van der Waals surface area contributed by atoms with Crippen LogP contribution >= 0.6 is 0 Å². The fraction of sp³-hybridized carbons (Fsp3) is 0.400. The van der Waals surface area contributed by atoms with Crippen molar-refractivity contribution in [2.45, 2.75) is 47.7 Å². The first-order valence-electron chi connectivity index (χ1n) is 8.64. The van der Waals surface area contributed by atoms with Crippen molar-refractivity contribution in [3.63, 3.8) is 0 Å². The van der Waals surface area contributed by atoms with E-state index >= 15 is 0 Å². The van der Waals surface area contributed by atoms with E-state index in [0.29, 0.717) is 25.7 Å². The molecule has 3 nitrogen and oxygen atoms in total. The van der Waals surface area contributed by atoms with Gasteiger partial charge in [-0.3, -0.25) is 0 Å². The maximum atomic E-state index is 12.5. The maximum absolute atomic E-state index is 12.5. The zero-order chi connectivity index (χ0) is 16.5. The van der Waals surface area contributed by atoms with Crippen molar-refractivity contribution >= 4 is 9.84 Å². The minimum Gasteiger partial charge on any atom is -0.389 e. The van der Waals surface area contributed by atoms with Crippen LogP contribution in [0, 0.1) is 0 Å². The molecule has 0 amide bonds. The highest BCUT2D eigenvalue weighted by Crippen LogP contribution is 2.56. The Kier molecular flexibility index (Phi) is 2.88. The average molecular weight is 340 g/mol. The molecule has 2 atom stereocenters. The quantitative estimate of drug-likeness (QED) is 0.867. The molecule has 1 N–H and O–H groups in total. The van der Waals surface area contributed by atoms with Gasteiger partial charge in [0.05, 0.1) is 16.1 Å². The van der Waals surface area contributed by atoms with Gasteiger partial charge in [-0.05, 0) is 47.9 Å². The lowest BCUT2D eigenvalue weighted by Gasteiger charge is -2.41. The minimum atomic E-state index is -3.04. The summed E-state index contributed by atoms with van der Waals surface area (Å²) in [5.41, 5.74) is 3.65. The Balaban J connectivity index is 1.68. The van der Waals surface area contributed by atoms with E-state index in [1.807, 2.05) is 24.3 Å². The fourth-order valence-electron chi connectivity index (χ4n) is 5.25. The molecule has 2 aromatic rings. The van der Waals surface area contributed by atoms with E-state index in [1.54, 1.807) is 0 Å². The summed E-state index contributed by atoms with van der Waals surface area (Å²) in [7, 11) is -3.04. The van der Waals surface area contributed by atoms with Crippen LogP contribution in [0.4, 0.5) is 0 Å². The van der Waals surface area contributed by atoms with E-state index < -0.39 is 15.4 Å². The third kappa shape index (κ3) is 1.78. The molecule has 2 aliphatic heterocycles. The van der Waals surface area contributed by atoms with Crippen LogP contribution in [-0.4, -0.2) is 29.6 Å². The van der Waals surface area contributed by atoms with E-state index in [4.69, 9.17) is 0 Å². The summed E-state index contributed by atoms with van der Waals surface area (Å²) in [5.74, 6) is -0.122. The summed E-state index contributed by atoms with van der Waals surface area (Å²) in [6.07, 6.45) is 2.12. The molecular formula is C20H20O3S. The second kappa shape index (κ2) is 4.70. The van der Waals surface area contributed by atoms with Gasteiger partial charge in [-0.15, -0.1) is 0 Å². The number of hydrogen-bond acceptors (Lipinski definition) is 3. The SMILES string of the molecule is O=S1(=O)C2CCC1CC(O)(C1c3ccccc3-c3ccccc31)C2. The van der Waals surface area contributed by atoms with E-state index in [1.165, 1.54) is 11.1 Å². The molecule has 2 fully saturated rings. The lowest BCUT2D eigenvalue weighted by molar-refractivity contribution is 0.00669. The lowest BCUT2D eigenvalue weighted by atomic mass is 9.75. The van der Waals surface area contributed by atoms with Crippen LogP contribution in [0.1, 0.15) is 42.7 Å². The summed E-state index contributed by atoms with van der Waals surface area (Å²) in [6.45, 7) is 0. The summed E-state index contributed by atoms with van der Waals surface area (Å²) in [5, 5.41) is 10.9. The Labute approximate surface area is 142 Å². The normalized spacial score (nSPS) is 33.2. The molecule has 0 saturated carbocycles. The monoisotopic (exact) mass is 340 g/mol. The number of sulfone groups is 1. The van der Waals surface area contributed by atoms with Crippen molar-refractivity contribution in [2.75, 3.05) is 0 Å². The molecule has 0 spiro atoms. The molecule has 2 heterocycles. The highest BCUT2D eigenvalue weighted by atomic mass is 32.2. The van der Waals surface area contributed by atoms with Gasteiger partial charge in [0.15, 0.2) is 9.84 Å². The van der Waals surface area contributed by atoms with Crippen molar-refractivity contribution in [1.29, 1.82) is 0 Å². The van der Waals surface area contributed by atoms with Crippen molar-refractivity contribution in [3.8, 4) is 11.1 Å². The highest BCUT2D eigenvalue weighted by Gasteiger charge is 2.56. The molecule has 124 valence electrons. The van der Waals surface area contributed by atoms with Crippen molar-refractivity contribution < 1.29 is 13.5 Å². The first kappa shape index (κ1) is 14.7. The lowest BCUT2D eigenvalue weighted by Crippen LogP contribution is -2.48. The van der Waals surface area contributed by atoms with E-state index in [-0.39, 0.29) is 16.4 Å². The Bertz CT molecular complexity index is 866. The Morgan fingerprint density at radius 3 is 1.79 bits per heavy atom. The van der Waals surface area contributed by atoms with Crippen LogP contribution < -0.4 is 0 Å². The van der Waals surface area contributed by atoms with Gasteiger partial charge >= 0.3 is 0 Å². The number of fused-ring (bicyclic) bond motifs is 5. The largest absolute Gasteiger partial charge is 0.389 e. The number of aliphatic hydroxyl groups is 1. The molecule has 5 rings (SSSR count). The molecule has 4 heteroatoms. The van der Waals surface area contributed by atoms with Gasteiger partial charge in [0.1, 0.15) is 0 Å². The van der Waals surface area contributed by atoms with E-state index in [9.17, 15) is 13.5 Å². The molecule has 0 aromatic heterocycles. The number of benzene rings is 2. The fourth-order valence-corrected chi connectivity index (χ4v) is 7.77.